The Balaban J connectivity index is 1.78. The van der Waals surface area contributed by atoms with E-state index in [2.05, 4.69) is 11.1 Å². The average Bonchev–Trinajstić information content (AvgIpc) is 3.39. The van der Waals surface area contributed by atoms with Crippen LogP contribution in [0.25, 0.3) is 22.6 Å². The van der Waals surface area contributed by atoms with Crippen LogP contribution in [0.2, 0.25) is 0 Å². The van der Waals surface area contributed by atoms with Crippen LogP contribution in [0.4, 0.5) is 5.69 Å². The number of aromatic nitrogens is 1. The van der Waals surface area contributed by atoms with Gasteiger partial charge in [0.05, 0.1) is 43.0 Å². The Bertz CT molecular complexity index is 1760. The van der Waals surface area contributed by atoms with Gasteiger partial charge in [-0.05, 0) is 54.8 Å². The minimum Gasteiger partial charge on any atom is -0.466 e. The van der Waals surface area contributed by atoms with Crippen LogP contribution < -0.4 is 10.6 Å². The van der Waals surface area contributed by atoms with E-state index in [1.54, 1.807) is 30.3 Å². The highest BCUT2D eigenvalue weighted by atomic mass is 16.5. The molecule has 0 fully saturated rings. The van der Waals surface area contributed by atoms with E-state index < -0.39 is 17.9 Å². The number of ether oxygens (including phenoxy) is 2. The molecule has 1 aliphatic rings. The summed E-state index contributed by atoms with van der Waals surface area (Å²) in [6.45, 7) is 3.79. The molecule has 0 saturated heterocycles. The summed E-state index contributed by atoms with van der Waals surface area (Å²) >= 11 is 0. The molecule has 1 aromatic heterocycles. The van der Waals surface area contributed by atoms with Gasteiger partial charge in [-0.1, -0.05) is 42.5 Å². The van der Waals surface area contributed by atoms with E-state index in [0.29, 0.717) is 39.4 Å². The quantitative estimate of drug-likeness (QED) is 0.351. The third-order valence-electron chi connectivity index (χ3n) is 6.85. The van der Waals surface area contributed by atoms with Crippen LogP contribution in [0, 0.1) is 25.2 Å². The van der Waals surface area contributed by atoms with E-state index >= 15 is 0 Å². The number of carbonyl (C=O) groups excluding carboxylic acids is 2. The Labute approximate surface area is 230 Å². The number of anilines is 1. The van der Waals surface area contributed by atoms with Gasteiger partial charge in [0, 0.05) is 5.56 Å². The van der Waals surface area contributed by atoms with E-state index in [-0.39, 0.29) is 22.7 Å². The van der Waals surface area contributed by atoms with Crippen LogP contribution in [0.15, 0.2) is 93.8 Å². The fourth-order valence-electron chi connectivity index (χ4n) is 4.91. The van der Waals surface area contributed by atoms with Crippen molar-refractivity contribution in [3.05, 3.63) is 106 Å². The Hall–Kier alpha value is -5.36. The number of carbonyl (C=O) groups is 2. The van der Waals surface area contributed by atoms with Crippen LogP contribution in [0.1, 0.15) is 22.6 Å². The van der Waals surface area contributed by atoms with Gasteiger partial charge >= 0.3 is 11.9 Å². The standard InChI is InChI=1S/C31H26N4O5/c1-17-10-13-24-22(14-17)34-29(40-24)20-12-11-18(2)23(15-20)35-27(31(37)39-4)26(30(36)38-3)25(21(16-32)28(35)33)19-8-6-5-7-9-19/h5-15,25H,33H2,1-4H3. The molecule has 2 heterocycles. The normalized spacial score (nSPS) is 15.3. The number of hydrogen-bond acceptors (Lipinski definition) is 9. The molecule has 0 bridgehead atoms. The third-order valence-corrected chi connectivity index (χ3v) is 6.85. The number of allylic oxidation sites excluding steroid dienone is 1. The first kappa shape index (κ1) is 26.3. The van der Waals surface area contributed by atoms with Crippen molar-refractivity contribution in [3.8, 4) is 17.5 Å². The topological polar surface area (TPSA) is 132 Å². The summed E-state index contributed by atoms with van der Waals surface area (Å²) in [6.07, 6.45) is 0. The maximum Gasteiger partial charge on any atom is 0.355 e. The Kier molecular flexibility index (Phi) is 6.84. The largest absolute Gasteiger partial charge is 0.466 e. The number of nitrogens with two attached hydrogens (primary N) is 1. The van der Waals surface area contributed by atoms with E-state index in [1.165, 1.54) is 19.1 Å². The first-order chi connectivity index (χ1) is 19.3. The molecule has 5 rings (SSSR count). The third kappa shape index (κ3) is 4.35. The lowest BCUT2D eigenvalue weighted by Crippen LogP contribution is -2.41. The van der Waals surface area contributed by atoms with Gasteiger partial charge in [-0.25, -0.2) is 14.6 Å². The summed E-state index contributed by atoms with van der Waals surface area (Å²) in [4.78, 5) is 32.7. The molecule has 1 aliphatic heterocycles. The monoisotopic (exact) mass is 534 g/mol. The van der Waals surface area contributed by atoms with Gasteiger partial charge in [0.2, 0.25) is 5.89 Å². The average molecular weight is 535 g/mol. The summed E-state index contributed by atoms with van der Waals surface area (Å²) in [5.41, 5.74) is 11.3. The molecular formula is C31H26N4O5. The lowest BCUT2D eigenvalue weighted by atomic mass is 9.80. The smallest absolute Gasteiger partial charge is 0.355 e. The molecule has 3 aromatic carbocycles. The molecular weight excluding hydrogens is 508 g/mol. The molecule has 1 atom stereocenters. The molecule has 9 heteroatoms. The Morgan fingerprint density at radius 2 is 1.73 bits per heavy atom. The number of oxazole rings is 1. The zero-order valence-electron chi connectivity index (χ0n) is 22.4. The van der Waals surface area contributed by atoms with Crippen LogP contribution in [-0.4, -0.2) is 31.1 Å². The predicted molar refractivity (Wildman–Crippen MR) is 148 cm³/mol. The van der Waals surface area contributed by atoms with Crippen molar-refractivity contribution in [2.45, 2.75) is 19.8 Å². The number of hydrogen-bond donors (Lipinski definition) is 1. The maximum atomic E-state index is 13.4. The maximum absolute atomic E-state index is 13.4. The van der Waals surface area contributed by atoms with Gasteiger partial charge in [-0.3, -0.25) is 4.90 Å². The van der Waals surface area contributed by atoms with Crippen molar-refractivity contribution in [1.29, 1.82) is 5.26 Å². The molecule has 1 unspecified atom stereocenters. The summed E-state index contributed by atoms with van der Waals surface area (Å²) in [6, 6.07) is 22.1. The van der Waals surface area contributed by atoms with Crippen molar-refractivity contribution >= 4 is 28.7 Å². The van der Waals surface area contributed by atoms with Crippen molar-refractivity contribution < 1.29 is 23.5 Å². The van der Waals surface area contributed by atoms with Gasteiger partial charge in [0.25, 0.3) is 0 Å². The second-order valence-corrected chi connectivity index (χ2v) is 9.33. The fourth-order valence-corrected chi connectivity index (χ4v) is 4.91. The molecule has 0 radical (unpaired) electrons. The van der Waals surface area contributed by atoms with E-state index in [4.69, 9.17) is 19.6 Å². The highest BCUT2D eigenvalue weighted by Gasteiger charge is 2.43. The molecule has 0 spiro atoms. The molecule has 4 aromatic rings. The fraction of sp³-hybridized carbons (Fsp3) is 0.161. The number of aryl methyl sites for hydroxylation is 2. The summed E-state index contributed by atoms with van der Waals surface area (Å²) in [5.74, 6) is -2.21. The lowest BCUT2D eigenvalue weighted by molar-refractivity contribution is -0.139. The number of benzene rings is 3. The number of esters is 2. The van der Waals surface area contributed by atoms with E-state index in [1.807, 2.05) is 50.2 Å². The molecule has 0 saturated carbocycles. The zero-order chi connectivity index (χ0) is 28.6. The number of fused-ring (bicyclic) bond motifs is 1. The second-order valence-electron chi connectivity index (χ2n) is 9.33. The highest BCUT2D eigenvalue weighted by molar-refractivity contribution is 6.06. The Morgan fingerprint density at radius 1 is 1.00 bits per heavy atom. The number of methoxy groups -OCH3 is 2. The van der Waals surface area contributed by atoms with Crippen LogP contribution >= 0.6 is 0 Å². The summed E-state index contributed by atoms with van der Waals surface area (Å²) < 4.78 is 16.3. The van der Waals surface area contributed by atoms with E-state index in [9.17, 15) is 14.9 Å². The predicted octanol–water partition coefficient (Wildman–Crippen LogP) is 5.01. The van der Waals surface area contributed by atoms with Gasteiger partial charge in [-0.15, -0.1) is 0 Å². The van der Waals surface area contributed by atoms with Crippen molar-refractivity contribution in [2.24, 2.45) is 5.73 Å². The first-order valence-electron chi connectivity index (χ1n) is 12.4. The van der Waals surface area contributed by atoms with Crippen molar-refractivity contribution in [3.63, 3.8) is 0 Å². The first-order valence-corrected chi connectivity index (χ1v) is 12.4. The zero-order valence-corrected chi connectivity index (χ0v) is 22.4. The molecule has 200 valence electrons. The molecule has 2 N–H and O–H groups in total. The molecule has 40 heavy (non-hydrogen) atoms. The minimum atomic E-state index is -0.951. The summed E-state index contributed by atoms with van der Waals surface area (Å²) in [5, 5.41) is 10.3. The minimum absolute atomic E-state index is 0.0159. The van der Waals surface area contributed by atoms with Crippen LogP contribution in [-0.2, 0) is 19.1 Å². The summed E-state index contributed by atoms with van der Waals surface area (Å²) in [7, 11) is 2.43. The van der Waals surface area contributed by atoms with Crippen molar-refractivity contribution in [2.75, 3.05) is 19.1 Å². The van der Waals surface area contributed by atoms with E-state index in [0.717, 1.165) is 5.56 Å². The highest BCUT2D eigenvalue weighted by Crippen LogP contribution is 2.44. The Morgan fingerprint density at radius 3 is 2.40 bits per heavy atom. The number of nitriles is 1. The van der Waals surface area contributed by atoms with Crippen LogP contribution in [0.3, 0.4) is 0 Å². The molecule has 0 amide bonds. The van der Waals surface area contributed by atoms with Crippen molar-refractivity contribution in [1.82, 2.24) is 4.98 Å². The SMILES string of the molecule is COC(=O)C1=C(C(=O)OC)N(c2cc(-c3nc4cc(C)ccc4o3)ccc2C)C(N)=C(C#N)C1c1ccccc1. The second kappa shape index (κ2) is 10.4. The van der Waals surface area contributed by atoms with Gasteiger partial charge in [0.1, 0.15) is 17.0 Å². The lowest BCUT2D eigenvalue weighted by Gasteiger charge is -2.36. The van der Waals surface area contributed by atoms with Crippen LogP contribution in [0.5, 0.6) is 0 Å². The molecule has 0 aliphatic carbocycles. The number of rotatable bonds is 5. The van der Waals surface area contributed by atoms with Gasteiger partial charge < -0.3 is 19.6 Å². The molecule has 9 nitrogen and oxygen atoms in total. The van der Waals surface area contributed by atoms with Gasteiger partial charge in [-0.2, -0.15) is 5.26 Å². The van der Waals surface area contributed by atoms with Gasteiger partial charge in [0.15, 0.2) is 5.58 Å². The number of nitrogens with zero attached hydrogens (tertiary/aromatic N) is 3.